The highest BCUT2D eigenvalue weighted by molar-refractivity contribution is 5.82. The highest BCUT2D eigenvalue weighted by Gasteiger charge is 2.26. The first kappa shape index (κ1) is 13.4. The lowest BCUT2D eigenvalue weighted by atomic mass is 9.87. The molecule has 0 rings (SSSR count). The molecule has 4 N–H and O–H groups in total. The molecule has 0 aliphatic rings. The molecular formula is C10H22N2O2. The lowest BCUT2D eigenvalue weighted by molar-refractivity contribution is -0.124. The summed E-state index contributed by atoms with van der Waals surface area (Å²) in [7, 11) is 0. The van der Waals surface area contributed by atoms with Gasteiger partial charge in [0.2, 0.25) is 5.91 Å². The zero-order valence-electron chi connectivity index (χ0n) is 9.34. The van der Waals surface area contributed by atoms with Crippen LogP contribution in [-0.4, -0.2) is 30.2 Å². The van der Waals surface area contributed by atoms with E-state index >= 15 is 0 Å². The highest BCUT2D eigenvalue weighted by Crippen LogP contribution is 2.16. The van der Waals surface area contributed by atoms with E-state index in [1.165, 1.54) is 0 Å². The van der Waals surface area contributed by atoms with Crippen LogP contribution in [0.25, 0.3) is 0 Å². The highest BCUT2D eigenvalue weighted by atomic mass is 16.2. The molecule has 1 atom stereocenters. The Labute approximate surface area is 85.9 Å². The summed E-state index contributed by atoms with van der Waals surface area (Å²) < 4.78 is 0. The zero-order valence-corrected chi connectivity index (χ0v) is 9.34. The summed E-state index contributed by atoms with van der Waals surface area (Å²) in [5.41, 5.74) is 5.54. The quantitative estimate of drug-likeness (QED) is 0.559. The zero-order chi connectivity index (χ0) is 11.2. The van der Waals surface area contributed by atoms with Crippen LogP contribution >= 0.6 is 0 Å². The predicted molar refractivity (Wildman–Crippen MR) is 56.8 cm³/mol. The average molecular weight is 202 g/mol. The van der Waals surface area contributed by atoms with E-state index in [9.17, 15) is 4.79 Å². The second-order valence-electron chi connectivity index (χ2n) is 4.57. The maximum Gasteiger partial charge on any atom is 0.237 e. The van der Waals surface area contributed by atoms with Crippen LogP contribution in [0, 0.1) is 5.41 Å². The van der Waals surface area contributed by atoms with Gasteiger partial charge >= 0.3 is 0 Å². The smallest absolute Gasteiger partial charge is 0.237 e. The molecule has 0 bridgehead atoms. The summed E-state index contributed by atoms with van der Waals surface area (Å²) >= 11 is 0. The standard InChI is InChI=1S/C10H22N2O2/c1-10(2,3)8(11)9(14)12-6-4-5-7-13/h8,13H,4-7,11H2,1-3H3,(H,12,14)/t8-/m0/s1. The Kier molecular flexibility index (Phi) is 5.72. The van der Waals surface area contributed by atoms with Gasteiger partial charge in [-0.1, -0.05) is 20.8 Å². The van der Waals surface area contributed by atoms with E-state index in [-0.39, 0.29) is 17.9 Å². The number of aliphatic hydroxyl groups excluding tert-OH is 1. The molecule has 0 unspecified atom stereocenters. The molecule has 0 aromatic heterocycles. The van der Waals surface area contributed by atoms with Gasteiger partial charge in [0.1, 0.15) is 0 Å². The van der Waals surface area contributed by atoms with E-state index in [0.717, 1.165) is 6.42 Å². The fourth-order valence-corrected chi connectivity index (χ4v) is 0.952. The Morgan fingerprint density at radius 1 is 1.43 bits per heavy atom. The number of aliphatic hydroxyl groups is 1. The third-order valence-corrected chi connectivity index (χ3v) is 2.10. The van der Waals surface area contributed by atoms with Crippen molar-refractivity contribution >= 4 is 5.91 Å². The molecule has 0 radical (unpaired) electrons. The van der Waals surface area contributed by atoms with Gasteiger partial charge in [0.25, 0.3) is 0 Å². The van der Waals surface area contributed by atoms with Crippen molar-refractivity contribution in [2.45, 2.75) is 39.7 Å². The van der Waals surface area contributed by atoms with Crippen LogP contribution in [0.5, 0.6) is 0 Å². The molecular weight excluding hydrogens is 180 g/mol. The Balaban J connectivity index is 3.74. The average Bonchev–Trinajstić information content (AvgIpc) is 2.09. The first-order valence-electron chi connectivity index (χ1n) is 5.03. The van der Waals surface area contributed by atoms with E-state index in [4.69, 9.17) is 10.8 Å². The van der Waals surface area contributed by atoms with Gasteiger partial charge in [-0.2, -0.15) is 0 Å². The first-order valence-corrected chi connectivity index (χ1v) is 5.03. The molecule has 1 amide bonds. The van der Waals surface area contributed by atoms with E-state index in [0.29, 0.717) is 13.0 Å². The van der Waals surface area contributed by atoms with Crippen LogP contribution in [0.4, 0.5) is 0 Å². The SMILES string of the molecule is CC(C)(C)[C@@H](N)C(=O)NCCCCO. The van der Waals surface area contributed by atoms with Crippen molar-refractivity contribution in [3.8, 4) is 0 Å². The van der Waals surface area contributed by atoms with E-state index in [2.05, 4.69) is 5.32 Å². The molecule has 0 aliphatic heterocycles. The Morgan fingerprint density at radius 3 is 2.43 bits per heavy atom. The van der Waals surface area contributed by atoms with Gasteiger partial charge in [-0.05, 0) is 18.3 Å². The molecule has 0 saturated carbocycles. The predicted octanol–water partition coefficient (Wildman–Crippen LogP) is 0.249. The minimum atomic E-state index is -0.475. The lowest BCUT2D eigenvalue weighted by Gasteiger charge is -2.25. The number of unbranched alkanes of at least 4 members (excludes halogenated alkanes) is 1. The van der Waals surface area contributed by atoms with Crippen LogP contribution in [0.1, 0.15) is 33.6 Å². The fourth-order valence-electron chi connectivity index (χ4n) is 0.952. The van der Waals surface area contributed by atoms with Crippen LogP contribution in [0.2, 0.25) is 0 Å². The fraction of sp³-hybridized carbons (Fsp3) is 0.900. The maximum atomic E-state index is 11.5. The van der Waals surface area contributed by atoms with Gasteiger partial charge in [-0.25, -0.2) is 0 Å². The molecule has 0 saturated heterocycles. The van der Waals surface area contributed by atoms with Gasteiger partial charge in [-0.15, -0.1) is 0 Å². The summed E-state index contributed by atoms with van der Waals surface area (Å²) in [5.74, 6) is -0.115. The van der Waals surface area contributed by atoms with Gasteiger partial charge in [-0.3, -0.25) is 4.79 Å². The molecule has 0 heterocycles. The molecule has 0 spiro atoms. The minimum absolute atomic E-state index is 0.115. The van der Waals surface area contributed by atoms with Gasteiger partial charge < -0.3 is 16.2 Å². The van der Waals surface area contributed by atoms with Crippen LogP contribution < -0.4 is 11.1 Å². The van der Waals surface area contributed by atoms with Gasteiger partial charge in [0.05, 0.1) is 6.04 Å². The van der Waals surface area contributed by atoms with Crippen LogP contribution in [0.3, 0.4) is 0 Å². The number of nitrogens with two attached hydrogens (primary N) is 1. The van der Waals surface area contributed by atoms with Crippen molar-refractivity contribution in [3.05, 3.63) is 0 Å². The maximum absolute atomic E-state index is 11.5. The number of hydrogen-bond acceptors (Lipinski definition) is 3. The third kappa shape index (κ3) is 5.19. The number of carbonyl (C=O) groups excluding carboxylic acids is 1. The van der Waals surface area contributed by atoms with E-state index in [1.54, 1.807) is 0 Å². The third-order valence-electron chi connectivity index (χ3n) is 2.10. The van der Waals surface area contributed by atoms with Crippen molar-refractivity contribution in [1.29, 1.82) is 0 Å². The Morgan fingerprint density at radius 2 is 2.00 bits per heavy atom. The monoisotopic (exact) mass is 202 g/mol. The number of nitrogens with one attached hydrogen (secondary N) is 1. The van der Waals surface area contributed by atoms with Crippen LogP contribution in [-0.2, 0) is 4.79 Å². The van der Waals surface area contributed by atoms with Gasteiger partial charge in [0, 0.05) is 13.2 Å². The number of rotatable bonds is 5. The summed E-state index contributed by atoms with van der Waals surface area (Å²) in [4.78, 5) is 11.5. The molecule has 4 heteroatoms. The molecule has 0 fully saturated rings. The molecule has 0 aliphatic carbocycles. The van der Waals surface area contributed by atoms with E-state index in [1.807, 2.05) is 20.8 Å². The van der Waals surface area contributed by atoms with Crippen LogP contribution in [0.15, 0.2) is 0 Å². The summed E-state index contributed by atoms with van der Waals surface area (Å²) in [6, 6.07) is -0.475. The molecule has 14 heavy (non-hydrogen) atoms. The Hall–Kier alpha value is -0.610. The molecule has 84 valence electrons. The summed E-state index contributed by atoms with van der Waals surface area (Å²) in [6.45, 7) is 6.56. The van der Waals surface area contributed by atoms with Crippen molar-refractivity contribution in [2.75, 3.05) is 13.2 Å². The second kappa shape index (κ2) is 5.98. The molecule has 0 aromatic rings. The second-order valence-corrected chi connectivity index (χ2v) is 4.57. The van der Waals surface area contributed by atoms with Crippen molar-refractivity contribution in [1.82, 2.24) is 5.32 Å². The van der Waals surface area contributed by atoms with Crippen molar-refractivity contribution in [3.63, 3.8) is 0 Å². The molecule has 0 aromatic carbocycles. The normalized spacial score (nSPS) is 13.8. The number of hydrogen-bond donors (Lipinski definition) is 3. The summed E-state index contributed by atoms with van der Waals surface area (Å²) in [5, 5.41) is 11.3. The number of carbonyl (C=O) groups is 1. The first-order chi connectivity index (χ1) is 6.39. The Bertz CT molecular complexity index is 175. The van der Waals surface area contributed by atoms with Crippen molar-refractivity contribution in [2.24, 2.45) is 11.1 Å². The largest absolute Gasteiger partial charge is 0.396 e. The van der Waals surface area contributed by atoms with E-state index < -0.39 is 6.04 Å². The topological polar surface area (TPSA) is 75.4 Å². The lowest BCUT2D eigenvalue weighted by Crippen LogP contribution is -2.48. The molecule has 4 nitrogen and oxygen atoms in total. The van der Waals surface area contributed by atoms with Crippen molar-refractivity contribution < 1.29 is 9.90 Å². The van der Waals surface area contributed by atoms with Gasteiger partial charge in [0.15, 0.2) is 0 Å². The summed E-state index contributed by atoms with van der Waals surface area (Å²) in [6.07, 6.45) is 1.50. The number of amides is 1. The minimum Gasteiger partial charge on any atom is -0.396 e.